The van der Waals surface area contributed by atoms with E-state index in [1.165, 1.54) is 25.9 Å². The van der Waals surface area contributed by atoms with Gasteiger partial charge in [0.2, 0.25) is 11.7 Å². The van der Waals surface area contributed by atoms with Gasteiger partial charge >= 0.3 is 0 Å². The molecule has 0 spiro atoms. The number of anilines is 1. The van der Waals surface area contributed by atoms with Gasteiger partial charge < -0.3 is 15.2 Å². The molecule has 0 radical (unpaired) electrons. The third-order valence-corrected chi connectivity index (χ3v) is 5.19. The minimum absolute atomic E-state index is 0.621. The van der Waals surface area contributed by atoms with Crippen LogP contribution in [0.1, 0.15) is 30.8 Å². The number of hydrogen-bond acceptors (Lipinski definition) is 6. The monoisotopic (exact) mass is 366 g/mol. The van der Waals surface area contributed by atoms with Crippen LogP contribution in [0.5, 0.6) is 0 Å². The molecular weight excluding hydrogens is 340 g/mol. The van der Waals surface area contributed by atoms with E-state index in [0.29, 0.717) is 17.5 Å². The van der Waals surface area contributed by atoms with Gasteiger partial charge in [0.25, 0.3) is 0 Å². The van der Waals surface area contributed by atoms with Gasteiger partial charge in [0.1, 0.15) is 5.82 Å². The molecular formula is C20H26N6O. The summed E-state index contributed by atoms with van der Waals surface area (Å²) in [7, 11) is 2.19. The molecule has 7 heteroatoms. The second-order valence-electron chi connectivity index (χ2n) is 7.49. The Hall–Kier alpha value is -2.67. The highest BCUT2D eigenvalue weighted by atomic mass is 16.5. The van der Waals surface area contributed by atoms with Crippen LogP contribution >= 0.6 is 0 Å². The Kier molecular flexibility index (Phi) is 4.94. The van der Waals surface area contributed by atoms with Crippen molar-refractivity contribution in [2.45, 2.75) is 32.6 Å². The Morgan fingerprint density at radius 2 is 2.07 bits per heavy atom. The van der Waals surface area contributed by atoms with Gasteiger partial charge in [-0.15, -0.1) is 0 Å². The average Bonchev–Trinajstić information content (AvgIpc) is 3.26. The maximum Gasteiger partial charge on any atom is 0.226 e. The van der Waals surface area contributed by atoms with Gasteiger partial charge in [0.15, 0.2) is 0 Å². The van der Waals surface area contributed by atoms with Crippen LogP contribution in [0.25, 0.3) is 17.1 Å². The lowest BCUT2D eigenvalue weighted by molar-refractivity contribution is 0.199. The third kappa shape index (κ3) is 4.03. The molecule has 1 aliphatic rings. The summed E-state index contributed by atoms with van der Waals surface area (Å²) >= 11 is 0. The molecule has 1 aromatic carbocycles. The second-order valence-corrected chi connectivity index (χ2v) is 7.49. The Balaban J connectivity index is 1.41. The SMILES string of the molecule is Cc1cc(N)n(-c2ccc(-c3noc(CC[C@@H]4CCCN(C)C4)n3)cc2)n1. The molecule has 1 fully saturated rings. The highest BCUT2D eigenvalue weighted by molar-refractivity contribution is 5.57. The minimum Gasteiger partial charge on any atom is -0.384 e. The molecule has 0 bridgehead atoms. The summed E-state index contributed by atoms with van der Waals surface area (Å²) in [6.45, 7) is 4.30. The molecule has 4 rings (SSSR count). The molecule has 2 N–H and O–H groups in total. The van der Waals surface area contributed by atoms with Crippen molar-refractivity contribution in [1.82, 2.24) is 24.8 Å². The van der Waals surface area contributed by atoms with Crippen LogP contribution in [0.2, 0.25) is 0 Å². The van der Waals surface area contributed by atoms with E-state index in [4.69, 9.17) is 10.3 Å². The maximum atomic E-state index is 5.99. The Bertz CT molecular complexity index is 898. The number of rotatable bonds is 5. The molecule has 2 aromatic heterocycles. The van der Waals surface area contributed by atoms with Crippen molar-refractivity contribution in [3.63, 3.8) is 0 Å². The molecule has 27 heavy (non-hydrogen) atoms. The molecule has 1 saturated heterocycles. The number of nitrogen functional groups attached to an aromatic ring is 1. The molecule has 0 saturated carbocycles. The number of piperidine rings is 1. The molecule has 3 heterocycles. The summed E-state index contributed by atoms with van der Waals surface area (Å²) in [5, 5.41) is 8.55. The van der Waals surface area contributed by atoms with Gasteiger partial charge in [-0.25, -0.2) is 4.68 Å². The van der Waals surface area contributed by atoms with Crippen LogP contribution in [0.15, 0.2) is 34.9 Å². The van der Waals surface area contributed by atoms with Gasteiger partial charge in [0, 0.05) is 24.6 Å². The van der Waals surface area contributed by atoms with E-state index < -0.39 is 0 Å². The molecule has 7 nitrogen and oxygen atoms in total. The van der Waals surface area contributed by atoms with Crippen molar-refractivity contribution in [1.29, 1.82) is 0 Å². The van der Waals surface area contributed by atoms with Crippen molar-refractivity contribution in [2.24, 2.45) is 5.92 Å². The average molecular weight is 366 g/mol. The summed E-state index contributed by atoms with van der Waals surface area (Å²) in [5.41, 5.74) is 8.72. The van der Waals surface area contributed by atoms with Crippen LogP contribution < -0.4 is 5.73 Å². The van der Waals surface area contributed by atoms with E-state index in [1.54, 1.807) is 4.68 Å². The molecule has 142 valence electrons. The smallest absolute Gasteiger partial charge is 0.226 e. The maximum absolute atomic E-state index is 5.99. The van der Waals surface area contributed by atoms with E-state index in [2.05, 4.69) is 27.2 Å². The van der Waals surface area contributed by atoms with Crippen LogP contribution in [0.4, 0.5) is 5.82 Å². The normalized spacial score (nSPS) is 18.1. The summed E-state index contributed by atoms with van der Waals surface area (Å²) in [6.07, 6.45) is 4.52. The van der Waals surface area contributed by atoms with Crippen molar-refractivity contribution in [3.8, 4) is 17.1 Å². The summed E-state index contributed by atoms with van der Waals surface area (Å²) in [4.78, 5) is 6.98. The molecule has 0 aliphatic carbocycles. The minimum atomic E-state index is 0.621. The number of aromatic nitrogens is 4. The van der Waals surface area contributed by atoms with Crippen LogP contribution in [0, 0.1) is 12.8 Å². The highest BCUT2D eigenvalue weighted by Crippen LogP contribution is 2.23. The number of hydrogen-bond donors (Lipinski definition) is 1. The van der Waals surface area contributed by atoms with Crippen LogP contribution in [-0.2, 0) is 6.42 Å². The summed E-state index contributed by atoms with van der Waals surface area (Å²) in [6, 6.07) is 9.72. The van der Waals surface area contributed by atoms with Gasteiger partial charge in [0.05, 0.1) is 11.4 Å². The second kappa shape index (κ2) is 7.52. The van der Waals surface area contributed by atoms with E-state index in [-0.39, 0.29) is 0 Å². The predicted molar refractivity (Wildman–Crippen MR) is 105 cm³/mol. The van der Waals surface area contributed by atoms with E-state index in [9.17, 15) is 0 Å². The number of nitrogens with two attached hydrogens (primary N) is 1. The Labute approximate surface area is 159 Å². The number of likely N-dealkylation sites (tertiary alicyclic amines) is 1. The lowest BCUT2D eigenvalue weighted by Crippen LogP contribution is -2.32. The van der Waals surface area contributed by atoms with Gasteiger partial charge in [-0.1, -0.05) is 5.16 Å². The van der Waals surface area contributed by atoms with Crippen molar-refractivity contribution < 1.29 is 4.52 Å². The van der Waals surface area contributed by atoms with Gasteiger partial charge in [-0.2, -0.15) is 10.1 Å². The topological polar surface area (TPSA) is 86.0 Å². The zero-order chi connectivity index (χ0) is 18.8. The summed E-state index contributed by atoms with van der Waals surface area (Å²) < 4.78 is 7.19. The fourth-order valence-corrected chi connectivity index (χ4v) is 3.79. The molecule has 1 atom stereocenters. The summed E-state index contributed by atoms with van der Waals surface area (Å²) in [5.74, 6) is 2.69. The zero-order valence-corrected chi connectivity index (χ0v) is 15.9. The van der Waals surface area contributed by atoms with Crippen molar-refractivity contribution in [2.75, 3.05) is 25.9 Å². The first-order valence-corrected chi connectivity index (χ1v) is 9.52. The standard InChI is InChI=1S/C20H26N6O/c1-14-12-18(21)26(23-14)17-8-6-16(7-9-17)20-22-19(27-24-20)10-5-15-4-3-11-25(2)13-15/h6-9,12,15H,3-5,10-11,13,21H2,1-2H3/t15-/m0/s1. The number of nitrogens with zero attached hydrogens (tertiary/aromatic N) is 5. The first-order chi connectivity index (χ1) is 13.1. The van der Waals surface area contributed by atoms with E-state index >= 15 is 0 Å². The molecule has 0 amide bonds. The highest BCUT2D eigenvalue weighted by Gasteiger charge is 2.18. The molecule has 0 unspecified atom stereocenters. The van der Waals surface area contributed by atoms with Gasteiger partial charge in [-0.3, -0.25) is 0 Å². The zero-order valence-electron chi connectivity index (χ0n) is 15.9. The largest absolute Gasteiger partial charge is 0.384 e. The Morgan fingerprint density at radius 3 is 2.78 bits per heavy atom. The van der Waals surface area contributed by atoms with Crippen LogP contribution in [-0.4, -0.2) is 45.0 Å². The fraction of sp³-hybridized carbons (Fsp3) is 0.450. The molecule has 3 aromatic rings. The first-order valence-electron chi connectivity index (χ1n) is 9.52. The lowest BCUT2D eigenvalue weighted by Gasteiger charge is -2.29. The quantitative estimate of drug-likeness (QED) is 0.747. The number of aryl methyl sites for hydroxylation is 2. The van der Waals surface area contributed by atoms with Gasteiger partial charge in [-0.05, 0) is 70.0 Å². The number of benzene rings is 1. The predicted octanol–water partition coefficient (Wildman–Crippen LogP) is 3.09. The fourth-order valence-electron chi connectivity index (χ4n) is 3.79. The van der Waals surface area contributed by atoms with Crippen LogP contribution in [0.3, 0.4) is 0 Å². The van der Waals surface area contributed by atoms with Crippen molar-refractivity contribution >= 4 is 5.82 Å². The lowest BCUT2D eigenvalue weighted by atomic mass is 9.94. The van der Waals surface area contributed by atoms with E-state index in [0.717, 1.165) is 35.7 Å². The molecule has 1 aliphatic heterocycles. The van der Waals surface area contributed by atoms with E-state index in [1.807, 2.05) is 37.3 Å². The van der Waals surface area contributed by atoms with Crippen molar-refractivity contribution in [3.05, 3.63) is 41.9 Å². The third-order valence-electron chi connectivity index (χ3n) is 5.19. The Morgan fingerprint density at radius 1 is 1.26 bits per heavy atom. The first kappa shape index (κ1) is 17.7.